The molecular weight excluding hydrogens is 336 g/mol. The largest absolute Gasteiger partial charge is 0.356 e. The second-order valence-electron chi connectivity index (χ2n) is 7.36. The van der Waals surface area contributed by atoms with Gasteiger partial charge in [0.2, 0.25) is 5.91 Å². The smallest absolute Gasteiger partial charge is 0.221 e. The third-order valence-corrected chi connectivity index (χ3v) is 5.69. The van der Waals surface area contributed by atoms with Gasteiger partial charge in [0, 0.05) is 48.8 Å². The molecule has 3 rings (SSSR count). The Morgan fingerprint density at radius 2 is 1.85 bits per heavy atom. The lowest BCUT2D eigenvalue weighted by Crippen LogP contribution is -2.26. The van der Waals surface area contributed by atoms with Gasteiger partial charge in [0.05, 0.1) is 5.69 Å². The molecule has 0 unspecified atom stereocenters. The summed E-state index contributed by atoms with van der Waals surface area (Å²) in [5, 5.41) is 8.79. The second kappa shape index (κ2) is 7.99. The van der Waals surface area contributed by atoms with Gasteiger partial charge in [-0.15, -0.1) is 0 Å². The van der Waals surface area contributed by atoms with Crippen molar-refractivity contribution in [3.05, 3.63) is 52.5 Å². The van der Waals surface area contributed by atoms with E-state index in [4.69, 9.17) is 0 Å². The van der Waals surface area contributed by atoms with Crippen LogP contribution in [0.5, 0.6) is 0 Å². The van der Waals surface area contributed by atoms with Crippen LogP contribution in [-0.2, 0) is 24.8 Å². The molecule has 144 valence electrons. The van der Waals surface area contributed by atoms with E-state index in [9.17, 15) is 4.79 Å². The first kappa shape index (κ1) is 19.2. The monoisotopic (exact) mass is 366 g/mol. The summed E-state index contributed by atoms with van der Waals surface area (Å²) in [5.41, 5.74) is 7.36. The molecule has 2 aromatic heterocycles. The number of carbonyl (C=O) groups is 1. The number of hydrogen-bond acceptors (Lipinski definition) is 2. The van der Waals surface area contributed by atoms with E-state index in [1.54, 1.807) is 0 Å². The van der Waals surface area contributed by atoms with Crippen molar-refractivity contribution in [3.8, 4) is 0 Å². The average molecular weight is 367 g/mol. The highest BCUT2D eigenvalue weighted by Gasteiger charge is 2.12. The van der Waals surface area contributed by atoms with Gasteiger partial charge in [-0.2, -0.15) is 5.10 Å². The van der Waals surface area contributed by atoms with Crippen LogP contribution in [0.3, 0.4) is 0 Å². The first-order valence-electron chi connectivity index (χ1n) is 9.70. The van der Waals surface area contributed by atoms with E-state index in [-0.39, 0.29) is 5.91 Å². The van der Waals surface area contributed by atoms with Crippen LogP contribution in [0, 0.1) is 27.7 Å². The molecule has 1 amide bonds. The fourth-order valence-electron chi connectivity index (χ4n) is 3.87. The van der Waals surface area contributed by atoms with Crippen LogP contribution >= 0.6 is 0 Å². The molecule has 5 nitrogen and oxygen atoms in total. The number of carbonyl (C=O) groups excluding carboxylic acids is 1. The molecule has 0 spiro atoms. The summed E-state index contributed by atoms with van der Waals surface area (Å²) < 4.78 is 4.18. The van der Waals surface area contributed by atoms with Gasteiger partial charge >= 0.3 is 0 Å². The minimum atomic E-state index is 0.115. The Kier molecular flexibility index (Phi) is 5.68. The zero-order chi connectivity index (χ0) is 19.6. The number of aromatic nitrogens is 3. The summed E-state index contributed by atoms with van der Waals surface area (Å²) >= 11 is 0. The number of para-hydroxylation sites is 1. The Balaban J connectivity index is 1.50. The third-order valence-electron chi connectivity index (χ3n) is 5.69. The fraction of sp³-hybridized carbons (Fsp3) is 0.455. The van der Waals surface area contributed by atoms with E-state index in [1.165, 1.54) is 33.4 Å². The number of benzene rings is 1. The number of nitrogens with one attached hydrogen (secondary N) is 1. The highest BCUT2D eigenvalue weighted by molar-refractivity contribution is 5.85. The van der Waals surface area contributed by atoms with Crippen LogP contribution < -0.4 is 5.32 Å². The molecule has 0 saturated carbocycles. The van der Waals surface area contributed by atoms with Crippen molar-refractivity contribution in [1.29, 1.82) is 0 Å². The zero-order valence-electron chi connectivity index (χ0n) is 17.1. The summed E-state index contributed by atoms with van der Waals surface area (Å²) in [6, 6.07) is 8.40. The van der Waals surface area contributed by atoms with Crippen molar-refractivity contribution in [2.24, 2.45) is 7.05 Å². The lowest BCUT2D eigenvalue weighted by atomic mass is 10.1. The lowest BCUT2D eigenvalue weighted by Gasteiger charge is -2.09. The topological polar surface area (TPSA) is 51.9 Å². The molecule has 0 aliphatic carbocycles. The molecule has 27 heavy (non-hydrogen) atoms. The quantitative estimate of drug-likeness (QED) is 0.648. The van der Waals surface area contributed by atoms with Gasteiger partial charge in [-0.05, 0) is 57.7 Å². The summed E-state index contributed by atoms with van der Waals surface area (Å²) in [6.45, 7) is 9.85. The van der Waals surface area contributed by atoms with Crippen LogP contribution in [0.2, 0.25) is 0 Å². The molecule has 0 saturated heterocycles. The maximum Gasteiger partial charge on any atom is 0.221 e. The summed E-state index contributed by atoms with van der Waals surface area (Å²) in [6.07, 6.45) is 2.39. The van der Waals surface area contributed by atoms with Crippen LogP contribution in [0.25, 0.3) is 10.9 Å². The van der Waals surface area contributed by atoms with Crippen molar-refractivity contribution in [1.82, 2.24) is 19.7 Å². The number of nitrogens with zero attached hydrogens (tertiary/aromatic N) is 3. The van der Waals surface area contributed by atoms with Crippen molar-refractivity contribution in [2.45, 2.75) is 53.5 Å². The van der Waals surface area contributed by atoms with E-state index < -0.39 is 0 Å². The number of aryl methyl sites for hydroxylation is 4. The molecule has 1 aromatic carbocycles. The van der Waals surface area contributed by atoms with Crippen molar-refractivity contribution < 1.29 is 4.79 Å². The van der Waals surface area contributed by atoms with Gasteiger partial charge in [-0.3, -0.25) is 9.48 Å². The van der Waals surface area contributed by atoms with Gasteiger partial charge in [-0.1, -0.05) is 18.2 Å². The molecule has 0 aliphatic heterocycles. The number of rotatable bonds is 7. The maximum absolute atomic E-state index is 12.3. The molecule has 0 bridgehead atoms. The minimum Gasteiger partial charge on any atom is -0.356 e. The molecule has 0 atom stereocenters. The van der Waals surface area contributed by atoms with E-state index in [0.717, 1.165) is 18.5 Å². The van der Waals surface area contributed by atoms with E-state index >= 15 is 0 Å². The first-order chi connectivity index (χ1) is 12.9. The fourth-order valence-corrected chi connectivity index (χ4v) is 3.87. The molecule has 3 aromatic rings. The van der Waals surface area contributed by atoms with Crippen LogP contribution in [-0.4, -0.2) is 26.8 Å². The SMILES string of the molecule is Cc1nn(C)c(C)c1CCCNC(=O)CCn1c(C)c(C)c2ccccc21. The van der Waals surface area contributed by atoms with Crippen LogP contribution in [0.1, 0.15) is 41.1 Å². The lowest BCUT2D eigenvalue weighted by molar-refractivity contribution is -0.121. The third kappa shape index (κ3) is 3.92. The Hall–Kier alpha value is -2.56. The zero-order valence-corrected chi connectivity index (χ0v) is 17.1. The van der Waals surface area contributed by atoms with Crippen molar-refractivity contribution in [3.63, 3.8) is 0 Å². The highest BCUT2D eigenvalue weighted by atomic mass is 16.1. The molecule has 2 heterocycles. The van der Waals surface area contributed by atoms with Crippen LogP contribution in [0.15, 0.2) is 24.3 Å². The molecule has 0 radical (unpaired) electrons. The Bertz CT molecular complexity index is 965. The second-order valence-corrected chi connectivity index (χ2v) is 7.36. The van der Waals surface area contributed by atoms with Crippen molar-refractivity contribution >= 4 is 16.8 Å². The van der Waals surface area contributed by atoms with E-state index in [2.05, 4.69) is 60.0 Å². The molecule has 5 heteroatoms. The summed E-state index contributed by atoms with van der Waals surface area (Å²) in [5.74, 6) is 0.115. The number of hydrogen-bond donors (Lipinski definition) is 1. The van der Waals surface area contributed by atoms with Gasteiger partial charge in [-0.25, -0.2) is 0 Å². The standard InChI is InChI=1S/C22H30N4O/c1-15-17(3)26(21-11-7-6-9-19(15)21)14-12-22(27)23-13-8-10-20-16(2)24-25(5)18(20)4/h6-7,9,11H,8,10,12-14H2,1-5H3,(H,23,27). The Labute approximate surface area is 161 Å². The van der Waals surface area contributed by atoms with Gasteiger partial charge in [0.1, 0.15) is 0 Å². The molecule has 0 aliphatic rings. The molecule has 1 N–H and O–H groups in total. The Morgan fingerprint density at radius 3 is 2.56 bits per heavy atom. The average Bonchev–Trinajstić information content (AvgIpc) is 3.04. The normalized spacial score (nSPS) is 11.3. The number of fused-ring (bicyclic) bond motifs is 1. The van der Waals surface area contributed by atoms with E-state index in [1.807, 2.05) is 18.7 Å². The van der Waals surface area contributed by atoms with Gasteiger partial charge in [0.25, 0.3) is 0 Å². The van der Waals surface area contributed by atoms with E-state index in [0.29, 0.717) is 19.5 Å². The summed E-state index contributed by atoms with van der Waals surface area (Å²) in [4.78, 5) is 12.3. The predicted octanol–water partition coefficient (Wildman–Crippen LogP) is 3.75. The highest BCUT2D eigenvalue weighted by Crippen LogP contribution is 2.25. The van der Waals surface area contributed by atoms with Gasteiger partial charge < -0.3 is 9.88 Å². The number of amides is 1. The Morgan fingerprint density at radius 1 is 1.11 bits per heavy atom. The summed E-state index contributed by atoms with van der Waals surface area (Å²) in [7, 11) is 1.97. The first-order valence-corrected chi connectivity index (χ1v) is 9.70. The van der Waals surface area contributed by atoms with Crippen molar-refractivity contribution in [2.75, 3.05) is 6.54 Å². The molecular formula is C22H30N4O. The van der Waals surface area contributed by atoms with Crippen LogP contribution in [0.4, 0.5) is 0 Å². The molecule has 0 fully saturated rings. The minimum absolute atomic E-state index is 0.115. The maximum atomic E-state index is 12.3. The van der Waals surface area contributed by atoms with Gasteiger partial charge in [0.15, 0.2) is 0 Å². The predicted molar refractivity (Wildman–Crippen MR) is 110 cm³/mol.